The van der Waals surface area contributed by atoms with Crippen LogP contribution in [-0.2, 0) is 0 Å². The van der Waals surface area contributed by atoms with Gasteiger partial charge in [-0.05, 0) is 70.9 Å². The summed E-state index contributed by atoms with van der Waals surface area (Å²) in [5.74, 6) is 0.348. The van der Waals surface area contributed by atoms with Gasteiger partial charge in [0.1, 0.15) is 0 Å². The molecule has 0 atom stereocenters. The van der Waals surface area contributed by atoms with Crippen molar-refractivity contribution in [2.24, 2.45) is 0 Å². The highest BCUT2D eigenvalue weighted by molar-refractivity contribution is 5.95. The predicted molar refractivity (Wildman–Crippen MR) is 141 cm³/mol. The molecule has 3 heterocycles. The average Bonchev–Trinajstić information content (AvgIpc) is 3.27. The Labute approximate surface area is 210 Å². The second-order valence-electron chi connectivity index (χ2n) is 9.55. The lowest BCUT2D eigenvalue weighted by atomic mass is 9.91. The van der Waals surface area contributed by atoms with E-state index in [0.717, 1.165) is 88.6 Å². The molecule has 1 aromatic heterocycles. The van der Waals surface area contributed by atoms with Crippen LogP contribution in [0.3, 0.4) is 0 Å². The van der Waals surface area contributed by atoms with E-state index in [0.29, 0.717) is 12.5 Å². The van der Waals surface area contributed by atoms with Crippen molar-refractivity contribution in [3.05, 3.63) is 46.8 Å². The number of aromatic nitrogens is 2. The average molecular weight is 489 g/mol. The number of nitrogens with one attached hydrogen (secondary N) is 2. The summed E-state index contributed by atoms with van der Waals surface area (Å²) in [7, 11) is 0. The minimum absolute atomic E-state index is 0. The lowest BCUT2D eigenvalue weighted by molar-refractivity contribution is 0.0946. The number of likely N-dealkylation sites (N-methyl/N-ethyl adjacent to an activating group) is 1. The molecule has 4 rings (SSSR count). The van der Waals surface area contributed by atoms with Crippen LogP contribution in [0.2, 0.25) is 0 Å². The zero-order valence-corrected chi connectivity index (χ0v) is 21.8. The third-order valence-corrected chi connectivity index (χ3v) is 7.21. The normalized spacial score (nSPS) is 18.0. The summed E-state index contributed by atoms with van der Waals surface area (Å²) in [6, 6.07) is 6.43. The summed E-state index contributed by atoms with van der Waals surface area (Å²) in [5.41, 5.74) is 5.29. The molecule has 0 spiro atoms. The highest BCUT2D eigenvalue weighted by Crippen LogP contribution is 2.31. The molecule has 2 aliphatic rings. The highest BCUT2D eigenvalue weighted by atomic mass is 35.5. The molecule has 2 saturated heterocycles. The quantitative estimate of drug-likeness (QED) is 0.559. The van der Waals surface area contributed by atoms with Gasteiger partial charge in [-0.25, -0.2) is 4.68 Å². The number of benzene rings is 1. The van der Waals surface area contributed by atoms with Gasteiger partial charge in [-0.1, -0.05) is 24.6 Å². The van der Waals surface area contributed by atoms with Crippen LogP contribution in [-0.4, -0.2) is 84.4 Å². The lowest BCUT2D eigenvalue weighted by Crippen LogP contribution is -2.46. The number of hydrogen-bond donors (Lipinski definition) is 2. The first kappa shape index (κ1) is 26.7. The first-order valence-electron chi connectivity index (χ1n) is 12.7. The Hall–Kier alpha value is -1.93. The van der Waals surface area contributed by atoms with Gasteiger partial charge in [-0.3, -0.25) is 4.79 Å². The molecule has 1 amide bonds. The van der Waals surface area contributed by atoms with Crippen molar-refractivity contribution in [3.8, 4) is 5.69 Å². The smallest absolute Gasteiger partial charge is 0.254 e. The van der Waals surface area contributed by atoms with Crippen molar-refractivity contribution in [2.45, 2.75) is 46.0 Å². The van der Waals surface area contributed by atoms with Crippen LogP contribution < -0.4 is 10.6 Å². The fourth-order valence-corrected chi connectivity index (χ4v) is 5.18. The number of piperidine rings is 1. The van der Waals surface area contributed by atoms with Crippen LogP contribution in [0.25, 0.3) is 5.69 Å². The summed E-state index contributed by atoms with van der Waals surface area (Å²) in [5, 5.41) is 11.3. The fraction of sp³-hybridized carbons (Fsp3) is 0.615. The van der Waals surface area contributed by atoms with Gasteiger partial charge in [-0.15, -0.1) is 12.4 Å². The van der Waals surface area contributed by atoms with Crippen molar-refractivity contribution < 1.29 is 4.79 Å². The molecule has 1 aromatic carbocycles. The lowest BCUT2D eigenvalue weighted by Gasteiger charge is -2.33. The van der Waals surface area contributed by atoms with Crippen molar-refractivity contribution in [3.63, 3.8) is 0 Å². The summed E-state index contributed by atoms with van der Waals surface area (Å²) >= 11 is 0. The van der Waals surface area contributed by atoms with E-state index in [2.05, 4.69) is 59.4 Å². The molecule has 2 fully saturated rings. The molecule has 0 bridgehead atoms. The van der Waals surface area contributed by atoms with E-state index in [-0.39, 0.29) is 18.3 Å². The van der Waals surface area contributed by atoms with E-state index >= 15 is 0 Å². The Bertz CT molecular complexity index is 931. The minimum Gasteiger partial charge on any atom is -0.352 e. The van der Waals surface area contributed by atoms with Gasteiger partial charge in [0.2, 0.25) is 0 Å². The maximum Gasteiger partial charge on any atom is 0.254 e. The first-order valence-corrected chi connectivity index (χ1v) is 12.7. The molecule has 0 radical (unpaired) electrons. The van der Waals surface area contributed by atoms with Crippen LogP contribution in [0.4, 0.5) is 0 Å². The number of halogens is 1. The molecule has 0 aliphatic carbocycles. The third kappa shape index (κ3) is 6.39. The van der Waals surface area contributed by atoms with Gasteiger partial charge in [0.05, 0.1) is 23.1 Å². The summed E-state index contributed by atoms with van der Waals surface area (Å²) in [6.45, 7) is 15.9. The van der Waals surface area contributed by atoms with E-state index in [1.165, 1.54) is 11.1 Å². The van der Waals surface area contributed by atoms with Crippen LogP contribution >= 0.6 is 12.4 Å². The molecule has 0 unspecified atom stereocenters. The number of hydrogen-bond acceptors (Lipinski definition) is 5. The number of piperazine rings is 1. The minimum atomic E-state index is 0. The Kier molecular flexibility index (Phi) is 9.95. The molecule has 2 aromatic rings. The molecule has 7 nitrogen and oxygen atoms in total. The van der Waals surface area contributed by atoms with E-state index < -0.39 is 0 Å². The van der Waals surface area contributed by atoms with E-state index in [1.807, 2.05) is 4.68 Å². The molecule has 2 N–H and O–H groups in total. The van der Waals surface area contributed by atoms with Crippen LogP contribution in [0.1, 0.15) is 59.3 Å². The van der Waals surface area contributed by atoms with Crippen molar-refractivity contribution >= 4 is 18.3 Å². The Balaban J connectivity index is 0.00000324. The van der Waals surface area contributed by atoms with Gasteiger partial charge in [0.15, 0.2) is 0 Å². The second kappa shape index (κ2) is 12.7. The van der Waals surface area contributed by atoms with E-state index in [9.17, 15) is 4.79 Å². The monoisotopic (exact) mass is 488 g/mol. The van der Waals surface area contributed by atoms with E-state index in [4.69, 9.17) is 5.10 Å². The van der Waals surface area contributed by atoms with Gasteiger partial charge in [0.25, 0.3) is 5.91 Å². The number of nitrogens with zero attached hydrogens (tertiary/aromatic N) is 4. The second-order valence-corrected chi connectivity index (χ2v) is 9.55. The van der Waals surface area contributed by atoms with Gasteiger partial charge in [-0.2, -0.15) is 5.10 Å². The number of carbonyl (C=O) groups excluding carboxylic acids is 1. The van der Waals surface area contributed by atoms with Crippen LogP contribution in [0.15, 0.2) is 24.4 Å². The Morgan fingerprint density at radius 3 is 2.50 bits per heavy atom. The molecule has 188 valence electrons. The predicted octanol–water partition coefficient (Wildman–Crippen LogP) is 3.14. The van der Waals surface area contributed by atoms with Crippen molar-refractivity contribution in [1.82, 2.24) is 30.2 Å². The largest absolute Gasteiger partial charge is 0.352 e. The van der Waals surface area contributed by atoms with Crippen molar-refractivity contribution in [1.29, 1.82) is 0 Å². The maximum atomic E-state index is 13.2. The number of amides is 1. The van der Waals surface area contributed by atoms with Crippen molar-refractivity contribution in [2.75, 3.05) is 58.9 Å². The molecular weight excluding hydrogens is 448 g/mol. The number of aryl methyl sites for hydroxylation is 2. The zero-order chi connectivity index (χ0) is 23.2. The fourth-order valence-electron chi connectivity index (χ4n) is 5.18. The number of carbonyl (C=O) groups is 1. The number of rotatable bonds is 8. The van der Waals surface area contributed by atoms with Crippen LogP contribution in [0.5, 0.6) is 0 Å². The summed E-state index contributed by atoms with van der Waals surface area (Å²) in [6.07, 6.45) is 4.81. The molecule has 8 heteroatoms. The highest BCUT2D eigenvalue weighted by Gasteiger charge is 2.27. The summed E-state index contributed by atoms with van der Waals surface area (Å²) in [4.78, 5) is 18.2. The Morgan fingerprint density at radius 1 is 1.12 bits per heavy atom. The standard InChI is InChI=1S/C26H40N6O.ClH/c1-4-30-14-16-31(17-15-30)13-5-10-28-26(33)23-19-29-32(24-7-6-20(2)18-21(24)3)25(23)22-8-11-27-12-9-22;/h6-7,18-19,22,27H,4-5,8-17H2,1-3H3,(H,28,33);1H. The summed E-state index contributed by atoms with van der Waals surface area (Å²) < 4.78 is 2.02. The van der Waals surface area contributed by atoms with Gasteiger partial charge >= 0.3 is 0 Å². The van der Waals surface area contributed by atoms with E-state index in [1.54, 1.807) is 6.20 Å². The first-order chi connectivity index (χ1) is 16.1. The third-order valence-electron chi connectivity index (χ3n) is 7.21. The van der Waals surface area contributed by atoms with Crippen LogP contribution in [0, 0.1) is 13.8 Å². The molecule has 0 saturated carbocycles. The van der Waals surface area contributed by atoms with Gasteiger partial charge < -0.3 is 20.4 Å². The van der Waals surface area contributed by atoms with Gasteiger partial charge in [0, 0.05) is 38.6 Å². The molecule has 2 aliphatic heterocycles. The molecule has 34 heavy (non-hydrogen) atoms. The Morgan fingerprint density at radius 2 is 1.82 bits per heavy atom. The molecular formula is C26H41ClN6O. The maximum absolute atomic E-state index is 13.2. The topological polar surface area (TPSA) is 65.4 Å². The zero-order valence-electron chi connectivity index (χ0n) is 21.0. The SMILES string of the molecule is CCN1CCN(CCCNC(=O)c2cnn(-c3ccc(C)cc3C)c2C2CCNCC2)CC1.Cl.